The number of likely N-dealkylation sites (tertiary alicyclic amines) is 1. The second-order valence-corrected chi connectivity index (χ2v) is 6.29. The minimum Gasteiger partial charge on any atom is -0.496 e. The highest BCUT2D eigenvalue weighted by Gasteiger charge is 2.19. The third-order valence-electron chi connectivity index (χ3n) is 3.94. The molecular formula is C17H22ClN3O4. The molecule has 0 unspecified atom stereocenters. The van der Waals surface area contributed by atoms with Crippen LogP contribution >= 0.6 is 11.6 Å². The molecular weight excluding hydrogens is 346 g/mol. The SMILES string of the molecule is COc1ccc(Cl)cc1CC(=O)NNC(=O)CN1CCCCCC1=O. The van der Waals surface area contributed by atoms with E-state index in [1.807, 2.05) is 0 Å². The summed E-state index contributed by atoms with van der Waals surface area (Å²) in [4.78, 5) is 37.3. The van der Waals surface area contributed by atoms with Gasteiger partial charge in [-0.3, -0.25) is 25.2 Å². The van der Waals surface area contributed by atoms with Crippen LogP contribution in [0.3, 0.4) is 0 Å². The number of nitrogens with one attached hydrogen (secondary N) is 2. The number of hydrogen-bond acceptors (Lipinski definition) is 4. The molecule has 0 spiro atoms. The standard InChI is InChI=1S/C17H22ClN3O4/c1-25-14-7-6-13(18)9-12(14)10-15(22)19-20-16(23)11-21-8-4-2-3-5-17(21)24/h6-7,9H,2-5,8,10-11H2,1H3,(H,19,22)(H,20,23). The predicted molar refractivity (Wildman–Crippen MR) is 93.0 cm³/mol. The van der Waals surface area contributed by atoms with Crippen molar-refractivity contribution in [2.45, 2.75) is 32.1 Å². The molecule has 8 heteroatoms. The maximum atomic E-state index is 12.0. The van der Waals surface area contributed by atoms with Crippen molar-refractivity contribution in [1.29, 1.82) is 0 Å². The van der Waals surface area contributed by atoms with E-state index in [0.717, 1.165) is 19.3 Å². The smallest absolute Gasteiger partial charge is 0.257 e. The average Bonchev–Trinajstić information content (AvgIpc) is 2.78. The van der Waals surface area contributed by atoms with Crippen molar-refractivity contribution in [3.63, 3.8) is 0 Å². The second kappa shape index (κ2) is 9.27. The topological polar surface area (TPSA) is 87.7 Å². The summed E-state index contributed by atoms with van der Waals surface area (Å²) >= 11 is 5.93. The van der Waals surface area contributed by atoms with Crippen LogP contribution in [0.5, 0.6) is 5.75 Å². The van der Waals surface area contributed by atoms with Gasteiger partial charge >= 0.3 is 0 Å². The van der Waals surface area contributed by atoms with E-state index in [-0.39, 0.29) is 18.9 Å². The number of carbonyl (C=O) groups excluding carboxylic acids is 3. The van der Waals surface area contributed by atoms with Gasteiger partial charge in [-0.15, -0.1) is 0 Å². The zero-order chi connectivity index (χ0) is 18.2. The van der Waals surface area contributed by atoms with Gasteiger partial charge in [0.1, 0.15) is 12.3 Å². The van der Waals surface area contributed by atoms with Crippen LogP contribution in [-0.2, 0) is 20.8 Å². The minimum absolute atomic E-state index is 0.00661. The Morgan fingerprint density at radius 3 is 2.72 bits per heavy atom. The number of nitrogens with zero attached hydrogens (tertiary/aromatic N) is 1. The molecule has 1 aromatic carbocycles. The van der Waals surface area contributed by atoms with Crippen LogP contribution in [0.25, 0.3) is 0 Å². The number of halogens is 1. The van der Waals surface area contributed by atoms with Crippen molar-refractivity contribution in [2.75, 3.05) is 20.2 Å². The van der Waals surface area contributed by atoms with Gasteiger partial charge < -0.3 is 9.64 Å². The van der Waals surface area contributed by atoms with E-state index in [4.69, 9.17) is 16.3 Å². The van der Waals surface area contributed by atoms with Crippen molar-refractivity contribution in [2.24, 2.45) is 0 Å². The summed E-state index contributed by atoms with van der Waals surface area (Å²) in [5.74, 6) is -0.318. The fourth-order valence-corrected chi connectivity index (χ4v) is 2.86. The molecule has 1 heterocycles. The normalized spacial score (nSPS) is 14.6. The third-order valence-corrected chi connectivity index (χ3v) is 4.18. The Labute approximate surface area is 151 Å². The largest absolute Gasteiger partial charge is 0.496 e. The first-order valence-electron chi connectivity index (χ1n) is 8.17. The first-order valence-corrected chi connectivity index (χ1v) is 8.55. The lowest BCUT2D eigenvalue weighted by Gasteiger charge is -2.19. The molecule has 136 valence electrons. The zero-order valence-corrected chi connectivity index (χ0v) is 14.9. The Balaban J connectivity index is 1.82. The van der Waals surface area contributed by atoms with Crippen LogP contribution in [0.15, 0.2) is 18.2 Å². The molecule has 1 fully saturated rings. The van der Waals surface area contributed by atoms with E-state index < -0.39 is 11.8 Å². The molecule has 1 aliphatic heterocycles. The number of hydrogen-bond donors (Lipinski definition) is 2. The van der Waals surface area contributed by atoms with Gasteiger partial charge in [0.15, 0.2) is 0 Å². The van der Waals surface area contributed by atoms with Crippen molar-refractivity contribution in [1.82, 2.24) is 15.8 Å². The first-order chi connectivity index (χ1) is 12.0. The Bertz CT molecular complexity index is 651. The van der Waals surface area contributed by atoms with Crippen LogP contribution in [0, 0.1) is 0 Å². The molecule has 1 saturated heterocycles. The Kier molecular flexibility index (Phi) is 7.06. The van der Waals surface area contributed by atoms with Crippen LogP contribution in [-0.4, -0.2) is 42.8 Å². The lowest BCUT2D eigenvalue weighted by Crippen LogP contribution is -2.48. The van der Waals surface area contributed by atoms with E-state index in [9.17, 15) is 14.4 Å². The molecule has 0 bridgehead atoms. The Hall–Kier alpha value is -2.28. The summed E-state index contributed by atoms with van der Waals surface area (Å²) < 4.78 is 5.18. The number of hydrazine groups is 1. The van der Waals surface area contributed by atoms with Crippen molar-refractivity contribution < 1.29 is 19.1 Å². The number of rotatable bonds is 5. The van der Waals surface area contributed by atoms with E-state index in [1.54, 1.807) is 18.2 Å². The van der Waals surface area contributed by atoms with Gasteiger partial charge in [-0.2, -0.15) is 0 Å². The van der Waals surface area contributed by atoms with Crippen molar-refractivity contribution >= 4 is 29.3 Å². The Morgan fingerprint density at radius 2 is 1.96 bits per heavy atom. The molecule has 25 heavy (non-hydrogen) atoms. The monoisotopic (exact) mass is 367 g/mol. The summed E-state index contributed by atoms with van der Waals surface area (Å²) in [7, 11) is 1.50. The van der Waals surface area contributed by atoms with Crippen LogP contribution < -0.4 is 15.6 Å². The average molecular weight is 368 g/mol. The molecule has 0 saturated carbocycles. The second-order valence-electron chi connectivity index (χ2n) is 5.86. The summed E-state index contributed by atoms with van der Waals surface area (Å²) in [6.45, 7) is 0.513. The fraction of sp³-hybridized carbons (Fsp3) is 0.471. The molecule has 1 aromatic rings. The number of amides is 3. The van der Waals surface area contributed by atoms with Gasteiger partial charge in [0.25, 0.3) is 5.91 Å². The van der Waals surface area contributed by atoms with Gasteiger partial charge in [0, 0.05) is 23.6 Å². The maximum absolute atomic E-state index is 12.0. The third kappa shape index (κ3) is 5.94. The molecule has 2 N–H and O–H groups in total. The lowest BCUT2D eigenvalue weighted by molar-refractivity contribution is -0.136. The lowest BCUT2D eigenvalue weighted by atomic mass is 10.1. The molecule has 3 amide bonds. The first kappa shape index (κ1) is 19.1. The van der Waals surface area contributed by atoms with Gasteiger partial charge in [-0.25, -0.2) is 0 Å². The van der Waals surface area contributed by atoms with Crippen molar-refractivity contribution in [3.05, 3.63) is 28.8 Å². The molecule has 1 aliphatic rings. The molecule has 2 rings (SSSR count). The van der Waals surface area contributed by atoms with Crippen molar-refractivity contribution in [3.8, 4) is 5.75 Å². The maximum Gasteiger partial charge on any atom is 0.257 e. The number of carbonyl (C=O) groups is 3. The van der Waals surface area contributed by atoms with E-state index in [2.05, 4.69) is 10.9 Å². The zero-order valence-electron chi connectivity index (χ0n) is 14.1. The Morgan fingerprint density at radius 1 is 1.20 bits per heavy atom. The summed E-state index contributed by atoms with van der Waals surface area (Å²) in [6, 6.07) is 4.98. The highest BCUT2D eigenvalue weighted by atomic mass is 35.5. The minimum atomic E-state index is -0.429. The number of benzene rings is 1. The van der Waals surface area contributed by atoms with Crippen LogP contribution in [0.2, 0.25) is 5.02 Å². The molecule has 7 nitrogen and oxygen atoms in total. The summed E-state index contributed by atoms with van der Waals surface area (Å²) in [5, 5.41) is 0.493. The van der Waals surface area contributed by atoms with Gasteiger partial charge in [-0.05, 0) is 31.0 Å². The predicted octanol–water partition coefficient (Wildman–Crippen LogP) is 1.44. The van der Waals surface area contributed by atoms with Crippen LogP contribution in [0.4, 0.5) is 0 Å². The molecule has 0 aromatic heterocycles. The van der Waals surface area contributed by atoms with E-state index in [1.165, 1.54) is 12.0 Å². The van der Waals surface area contributed by atoms with E-state index in [0.29, 0.717) is 29.3 Å². The fourth-order valence-electron chi connectivity index (χ4n) is 2.66. The number of ether oxygens (including phenoxy) is 1. The van der Waals surface area contributed by atoms with Gasteiger partial charge in [0.2, 0.25) is 11.8 Å². The summed E-state index contributed by atoms with van der Waals surface area (Å²) in [5.41, 5.74) is 5.30. The molecule has 0 aliphatic carbocycles. The molecule has 0 atom stereocenters. The van der Waals surface area contributed by atoms with Gasteiger partial charge in [0.05, 0.1) is 13.5 Å². The highest BCUT2D eigenvalue weighted by Crippen LogP contribution is 2.22. The quantitative estimate of drug-likeness (QED) is 0.771. The van der Waals surface area contributed by atoms with E-state index >= 15 is 0 Å². The highest BCUT2D eigenvalue weighted by molar-refractivity contribution is 6.30. The van der Waals surface area contributed by atoms with Gasteiger partial charge in [-0.1, -0.05) is 18.0 Å². The van der Waals surface area contributed by atoms with Crippen LogP contribution in [0.1, 0.15) is 31.2 Å². The number of methoxy groups -OCH3 is 1. The molecule has 0 radical (unpaired) electrons. The summed E-state index contributed by atoms with van der Waals surface area (Å²) in [6.07, 6.45) is 3.21.